The lowest BCUT2D eigenvalue weighted by molar-refractivity contribution is -0.123. The highest BCUT2D eigenvalue weighted by Crippen LogP contribution is 2.35. The van der Waals surface area contributed by atoms with Crippen molar-refractivity contribution in [2.24, 2.45) is 5.41 Å². The quantitative estimate of drug-likeness (QED) is 0.716. The van der Waals surface area contributed by atoms with E-state index in [-0.39, 0.29) is 11.9 Å². The van der Waals surface area contributed by atoms with Crippen LogP contribution in [0, 0.1) is 5.41 Å². The van der Waals surface area contributed by atoms with Gasteiger partial charge in [-0.15, -0.1) is 0 Å². The lowest BCUT2D eigenvalue weighted by Crippen LogP contribution is -2.52. The molecule has 0 bridgehead atoms. The first-order valence-corrected chi connectivity index (χ1v) is 7.51. The van der Waals surface area contributed by atoms with Gasteiger partial charge in [0.15, 0.2) is 0 Å². The van der Waals surface area contributed by atoms with Gasteiger partial charge >= 0.3 is 0 Å². The molecule has 2 atom stereocenters. The van der Waals surface area contributed by atoms with Crippen molar-refractivity contribution >= 4 is 5.91 Å². The number of carbonyl (C=O) groups is 1. The van der Waals surface area contributed by atoms with Crippen LogP contribution < -0.4 is 10.6 Å². The van der Waals surface area contributed by atoms with Crippen LogP contribution in [0.1, 0.15) is 66.2 Å². The Bertz CT molecular complexity index is 263. The van der Waals surface area contributed by atoms with Gasteiger partial charge in [0, 0.05) is 12.6 Å². The van der Waals surface area contributed by atoms with E-state index < -0.39 is 0 Å². The summed E-state index contributed by atoms with van der Waals surface area (Å²) < 4.78 is 0. The van der Waals surface area contributed by atoms with E-state index in [0.29, 0.717) is 11.5 Å². The molecule has 2 N–H and O–H groups in total. The summed E-state index contributed by atoms with van der Waals surface area (Å²) in [6, 6.07) is 0.391. The molecule has 1 aliphatic rings. The lowest BCUT2D eigenvalue weighted by Gasteiger charge is -2.40. The largest absolute Gasteiger partial charge is 0.355 e. The van der Waals surface area contributed by atoms with Crippen molar-refractivity contribution in [2.75, 3.05) is 6.54 Å². The topological polar surface area (TPSA) is 41.1 Å². The maximum Gasteiger partial charge on any atom is 0.236 e. The predicted octanol–water partition coefficient (Wildman–Crippen LogP) is 2.85. The van der Waals surface area contributed by atoms with Crippen LogP contribution in [0.5, 0.6) is 0 Å². The third kappa shape index (κ3) is 4.60. The van der Waals surface area contributed by atoms with Gasteiger partial charge < -0.3 is 10.6 Å². The van der Waals surface area contributed by atoms with Crippen molar-refractivity contribution in [3.63, 3.8) is 0 Å². The van der Waals surface area contributed by atoms with Crippen molar-refractivity contribution in [1.29, 1.82) is 0 Å². The summed E-state index contributed by atoms with van der Waals surface area (Å²) in [4.78, 5) is 11.9. The number of amides is 1. The monoisotopic (exact) mass is 254 g/mol. The van der Waals surface area contributed by atoms with Crippen molar-refractivity contribution < 1.29 is 4.79 Å². The highest BCUT2D eigenvalue weighted by Gasteiger charge is 2.33. The average Bonchev–Trinajstić information content (AvgIpc) is 2.31. The van der Waals surface area contributed by atoms with Crippen LogP contribution in [-0.4, -0.2) is 24.5 Å². The minimum atomic E-state index is -0.0794. The number of carbonyl (C=O) groups excluding carboxylic acids is 1. The molecule has 0 heterocycles. The molecule has 0 saturated heterocycles. The molecule has 0 aliphatic heterocycles. The van der Waals surface area contributed by atoms with Crippen molar-refractivity contribution in [2.45, 2.75) is 78.3 Å². The van der Waals surface area contributed by atoms with Crippen LogP contribution in [-0.2, 0) is 4.79 Å². The molecule has 1 rings (SSSR count). The van der Waals surface area contributed by atoms with Crippen LogP contribution in [0.25, 0.3) is 0 Å². The maximum absolute atomic E-state index is 11.9. The summed E-state index contributed by atoms with van der Waals surface area (Å²) in [5.41, 5.74) is 0.316. The van der Waals surface area contributed by atoms with Gasteiger partial charge in [0.05, 0.1) is 6.04 Å². The molecule has 1 saturated carbocycles. The Morgan fingerprint density at radius 1 is 1.39 bits per heavy atom. The first-order valence-electron chi connectivity index (χ1n) is 7.51. The normalized spacial score (nSPS) is 24.6. The Hall–Kier alpha value is -0.570. The molecule has 0 spiro atoms. The van der Waals surface area contributed by atoms with E-state index in [2.05, 4.69) is 31.4 Å². The highest BCUT2D eigenvalue weighted by molar-refractivity contribution is 5.81. The first-order chi connectivity index (χ1) is 8.47. The molecule has 0 radical (unpaired) electrons. The van der Waals surface area contributed by atoms with Crippen molar-refractivity contribution in [3.8, 4) is 0 Å². The van der Waals surface area contributed by atoms with E-state index >= 15 is 0 Å². The minimum absolute atomic E-state index is 0.0794. The minimum Gasteiger partial charge on any atom is -0.355 e. The second kappa shape index (κ2) is 7.13. The highest BCUT2D eigenvalue weighted by atomic mass is 16.2. The van der Waals surface area contributed by atoms with E-state index in [9.17, 15) is 4.79 Å². The fourth-order valence-electron chi connectivity index (χ4n) is 2.72. The zero-order chi connectivity index (χ0) is 13.6. The molecular weight excluding hydrogens is 224 g/mol. The second-order valence-electron chi connectivity index (χ2n) is 6.32. The molecule has 2 unspecified atom stereocenters. The Balaban J connectivity index is 2.38. The molecule has 1 amide bonds. The van der Waals surface area contributed by atoms with Crippen LogP contribution in [0.2, 0.25) is 0 Å². The molecule has 106 valence electrons. The summed E-state index contributed by atoms with van der Waals surface area (Å²) in [5.74, 6) is 0.143. The van der Waals surface area contributed by atoms with Crippen molar-refractivity contribution in [1.82, 2.24) is 10.6 Å². The summed E-state index contributed by atoms with van der Waals surface area (Å²) in [5, 5.41) is 6.52. The Morgan fingerprint density at radius 2 is 2.11 bits per heavy atom. The van der Waals surface area contributed by atoms with E-state index in [1.807, 2.05) is 6.92 Å². The standard InChI is InChI=1S/C15H30N2O/c1-5-6-11-16-14(18)12(2)17-13-9-7-8-10-15(13,3)4/h12-13,17H,5-11H2,1-4H3,(H,16,18). The van der Waals surface area contributed by atoms with Crippen LogP contribution in [0.4, 0.5) is 0 Å². The molecule has 3 heteroatoms. The van der Waals surface area contributed by atoms with Crippen LogP contribution in [0.3, 0.4) is 0 Å². The van der Waals surface area contributed by atoms with E-state index in [1.165, 1.54) is 25.7 Å². The van der Waals surface area contributed by atoms with Gasteiger partial charge in [-0.3, -0.25) is 4.79 Å². The molecule has 0 aromatic heterocycles. The number of hydrogen-bond acceptors (Lipinski definition) is 2. The van der Waals surface area contributed by atoms with E-state index in [1.54, 1.807) is 0 Å². The summed E-state index contributed by atoms with van der Waals surface area (Å²) in [6.07, 6.45) is 7.24. The number of nitrogens with one attached hydrogen (secondary N) is 2. The zero-order valence-electron chi connectivity index (χ0n) is 12.5. The third-order valence-corrected chi connectivity index (χ3v) is 4.18. The molecule has 18 heavy (non-hydrogen) atoms. The summed E-state index contributed by atoms with van der Waals surface area (Å²) >= 11 is 0. The fourth-order valence-corrected chi connectivity index (χ4v) is 2.72. The molecule has 1 fully saturated rings. The van der Waals surface area contributed by atoms with Gasteiger partial charge in [-0.2, -0.15) is 0 Å². The van der Waals surface area contributed by atoms with Crippen LogP contribution in [0.15, 0.2) is 0 Å². The van der Waals surface area contributed by atoms with Gasteiger partial charge in [0.25, 0.3) is 0 Å². The Morgan fingerprint density at radius 3 is 2.72 bits per heavy atom. The van der Waals surface area contributed by atoms with Gasteiger partial charge in [-0.05, 0) is 31.6 Å². The molecule has 0 aromatic rings. The third-order valence-electron chi connectivity index (χ3n) is 4.18. The molecule has 3 nitrogen and oxygen atoms in total. The number of hydrogen-bond donors (Lipinski definition) is 2. The first kappa shape index (κ1) is 15.5. The van der Waals surface area contributed by atoms with Crippen LogP contribution >= 0.6 is 0 Å². The fraction of sp³-hybridized carbons (Fsp3) is 0.933. The second-order valence-corrected chi connectivity index (χ2v) is 6.32. The Labute approximate surface area is 112 Å². The lowest BCUT2D eigenvalue weighted by atomic mass is 9.73. The van der Waals surface area contributed by atoms with Gasteiger partial charge in [-0.1, -0.05) is 40.0 Å². The molecule has 1 aliphatic carbocycles. The smallest absolute Gasteiger partial charge is 0.236 e. The molecule has 0 aromatic carbocycles. The van der Waals surface area contributed by atoms with Crippen molar-refractivity contribution in [3.05, 3.63) is 0 Å². The average molecular weight is 254 g/mol. The van der Waals surface area contributed by atoms with Gasteiger partial charge in [0.2, 0.25) is 5.91 Å². The van der Waals surface area contributed by atoms with E-state index in [4.69, 9.17) is 0 Å². The van der Waals surface area contributed by atoms with E-state index in [0.717, 1.165) is 19.4 Å². The Kier molecular flexibility index (Phi) is 6.13. The number of rotatable bonds is 6. The predicted molar refractivity (Wildman–Crippen MR) is 76.6 cm³/mol. The summed E-state index contributed by atoms with van der Waals surface area (Å²) in [6.45, 7) is 9.54. The van der Waals surface area contributed by atoms with Gasteiger partial charge in [0.1, 0.15) is 0 Å². The van der Waals surface area contributed by atoms with Gasteiger partial charge in [-0.25, -0.2) is 0 Å². The summed E-state index contributed by atoms with van der Waals surface area (Å²) in [7, 11) is 0. The number of unbranched alkanes of at least 4 members (excludes halogenated alkanes) is 1. The molecular formula is C15H30N2O. The maximum atomic E-state index is 11.9. The SMILES string of the molecule is CCCCNC(=O)C(C)NC1CCCCC1(C)C. The zero-order valence-corrected chi connectivity index (χ0v) is 12.5.